The van der Waals surface area contributed by atoms with Gasteiger partial charge in [0.2, 0.25) is 0 Å². The molecule has 1 unspecified atom stereocenters. The number of hydrogen-bond donors (Lipinski definition) is 3. The molecule has 1 aromatic heterocycles. The number of para-hydroxylation sites is 2. The van der Waals surface area contributed by atoms with Gasteiger partial charge in [-0.25, -0.2) is 0 Å². The normalized spacial score (nSPS) is 18.8. The van der Waals surface area contributed by atoms with Crippen LogP contribution in [0.5, 0.6) is 5.75 Å². The number of benzene rings is 1. The van der Waals surface area contributed by atoms with Crippen LogP contribution in [-0.2, 0) is 16.6 Å². The first-order valence-electron chi connectivity index (χ1n) is 7.48. The highest BCUT2D eigenvalue weighted by molar-refractivity contribution is 6.19. The third kappa shape index (κ3) is 2.59. The molecule has 0 fully saturated rings. The number of amides is 3. The van der Waals surface area contributed by atoms with E-state index in [1.54, 1.807) is 38.2 Å². The van der Waals surface area contributed by atoms with Crippen molar-refractivity contribution < 1.29 is 19.1 Å². The molecule has 0 radical (unpaired) electrons. The minimum Gasteiger partial charge on any atom is -0.466 e. The van der Waals surface area contributed by atoms with Crippen LogP contribution in [-0.4, -0.2) is 33.1 Å². The fourth-order valence-electron chi connectivity index (χ4n) is 2.48. The Morgan fingerprint density at radius 3 is 2.72 bits per heavy atom. The average Bonchev–Trinajstić information content (AvgIpc) is 2.84. The predicted octanol–water partition coefficient (Wildman–Crippen LogP) is 0.556. The fourth-order valence-corrected chi connectivity index (χ4v) is 2.48. The first kappa shape index (κ1) is 16.5. The zero-order chi connectivity index (χ0) is 18.4. The van der Waals surface area contributed by atoms with E-state index in [9.17, 15) is 14.4 Å². The Hall–Kier alpha value is -3.36. The number of nitrogens with one attached hydrogen (secondary N) is 2. The SMILES string of the molecule is Cc1c(NC(=O)C2(C)Oc3ccccc3NC2=O)c(C(N)=O)nn1C. The van der Waals surface area contributed by atoms with Crippen molar-refractivity contribution >= 4 is 29.1 Å². The van der Waals surface area contributed by atoms with Crippen molar-refractivity contribution in [2.75, 3.05) is 10.6 Å². The number of ether oxygens (including phenoxy) is 1. The molecule has 1 aromatic carbocycles. The molecule has 0 saturated heterocycles. The van der Waals surface area contributed by atoms with E-state index in [4.69, 9.17) is 10.5 Å². The van der Waals surface area contributed by atoms with Crippen LogP contribution in [0, 0.1) is 6.92 Å². The first-order valence-corrected chi connectivity index (χ1v) is 7.48. The Bertz CT molecular complexity index is 904. The molecule has 4 N–H and O–H groups in total. The zero-order valence-electron chi connectivity index (χ0n) is 13.9. The van der Waals surface area contributed by atoms with Crippen molar-refractivity contribution in [2.24, 2.45) is 12.8 Å². The molecule has 130 valence electrons. The summed E-state index contributed by atoms with van der Waals surface area (Å²) in [5, 5.41) is 9.15. The van der Waals surface area contributed by atoms with Crippen LogP contribution >= 0.6 is 0 Å². The van der Waals surface area contributed by atoms with Crippen LogP contribution in [0.4, 0.5) is 11.4 Å². The van der Waals surface area contributed by atoms with Gasteiger partial charge >= 0.3 is 0 Å². The van der Waals surface area contributed by atoms with Crippen molar-refractivity contribution in [3.8, 4) is 5.75 Å². The summed E-state index contributed by atoms with van der Waals surface area (Å²) in [4.78, 5) is 36.7. The fraction of sp³-hybridized carbons (Fsp3) is 0.250. The molecule has 1 aliphatic heterocycles. The molecule has 1 aliphatic rings. The van der Waals surface area contributed by atoms with Gasteiger partial charge in [0, 0.05) is 7.05 Å². The number of anilines is 2. The zero-order valence-corrected chi connectivity index (χ0v) is 13.9. The standard InChI is InChI=1S/C16H17N5O4/c1-8-11(12(13(17)22)20-21(8)3)19-15(24)16(2)14(23)18-9-6-4-5-7-10(9)25-16/h4-7H,1-3H3,(H2,17,22)(H,18,23)(H,19,24). The van der Waals surface area contributed by atoms with Gasteiger partial charge < -0.3 is 21.1 Å². The minimum atomic E-state index is -1.81. The van der Waals surface area contributed by atoms with E-state index >= 15 is 0 Å². The van der Waals surface area contributed by atoms with Crippen molar-refractivity contribution in [1.82, 2.24) is 9.78 Å². The lowest BCUT2D eigenvalue weighted by molar-refractivity contribution is -0.143. The van der Waals surface area contributed by atoms with E-state index in [2.05, 4.69) is 15.7 Å². The van der Waals surface area contributed by atoms with Crippen molar-refractivity contribution in [3.63, 3.8) is 0 Å². The summed E-state index contributed by atoms with van der Waals surface area (Å²) < 4.78 is 7.06. The topological polar surface area (TPSA) is 128 Å². The van der Waals surface area contributed by atoms with Gasteiger partial charge in [0.25, 0.3) is 23.3 Å². The monoisotopic (exact) mass is 343 g/mol. The highest BCUT2D eigenvalue weighted by Gasteiger charge is 2.47. The van der Waals surface area contributed by atoms with Gasteiger partial charge in [0.15, 0.2) is 5.69 Å². The summed E-state index contributed by atoms with van der Waals surface area (Å²) in [6.45, 7) is 3.01. The van der Waals surface area contributed by atoms with Gasteiger partial charge in [-0.05, 0) is 26.0 Å². The largest absolute Gasteiger partial charge is 0.466 e. The van der Waals surface area contributed by atoms with E-state index < -0.39 is 23.3 Å². The van der Waals surface area contributed by atoms with Crippen LogP contribution in [0.3, 0.4) is 0 Å². The highest BCUT2D eigenvalue weighted by Crippen LogP contribution is 2.34. The number of carbonyl (C=O) groups excluding carboxylic acids is 3. The van der Waals surface area contributed by atoms with Crippen LogP contribution in [0.25, 0.3) is 0 Å². The number of primary amides is 1. The lowest BCUT2D eigenvalue weighted by Crippen LogP contribution is -2.56. The van der Waals surface area contributed by atoms with E-state index in [-0.39, 0.29) is 11.4 Å². The molecule has 0 bridgehead atoms. The van der Waals surface area contributed by atoms with Crippen LogP contribution in [0.15, 0.2) is 24.3 Å². The van der Waals surface area contributed by atoms with Gasteiger partial charge in [-0.1, -0.05) is 12.1 Å². The smallest absolute Gasteiger partial charge is 0.278 e. The number of fused-ring (bicyclic) bond motifs is 1. The van der Waals surface area contributed by atoms with Crippen molar-refractivity contribution in [2.45, 2.75) is 19.4 Å². The number of nitrogens with zero attached hydrogens (tertiary/aromatic N) is 2. The summed E-state index contributed by atoms with van der Waals surface area (Å²) in [5.74, 6) is -1.77. The summed E-state index contributed by atoms with van der Waals surface area (Å²) >= 11 is 0. The molecule has 1 atom stereocenters. The molecule has 2 heterocycles. The lowest BCUT2D eigenvalue weighted by Gasteiger charge is -2.33. The van der Waals surface area contributed by atoms with Crippen LogP contribution < -0.4 is 21.1 Å². The van der Waals surface area contributed by atoms with Gasteiger partial charge in [0.05, 0.1) is 17.1 Å². The third-order valence-corrected chi connectivity index (χ3v) is 4.12. The number of aryl methyl sites for hydroxylation is 1. The van der Waals surface area contributed by atoms with Crippen LogP contribution in [0.2, 0.25) is 0 Å². The Morgan fingerprint density at radius 2 is 2.04 bits per heavy atom. The lowest BCUT2D eigenvalue weighted by atomic mass is 10.0. The van der Waals surface area contributed by atoms with E-state index in [1.165, 1.54) is 11.6 Å². The molecule has 3 amide bonds. The van der Waals surface area contributed by atoms with Crippen molar-refractivity contribution in [3.05, 3.63) is 35.7 Å². The maximum atomic E-state index is 12.8. The first-order chi connectivity index (χ1) is 11.7. The Morgan fingerprint density at radius 1 is 1.36 bits per heavy atom. The molecular weight excluding hydrogens is 326 g/mol. The molecule has 2 aromatic rings. The van der Waals surface area contributed by atoms with Gasteiger partial charge in [-0.15, -0.1) is 0 Å². The highest BCUT2D eigenvalue weighted by atomic mass is 16.5. The molecule has 0 aliphatic carbocycles. The predicted molar refractivity (Wildman–Crippen MR) is 89.2 cm³/mol. The maximum Gasteiger partial charge on any atom is 0.278 e. The molecule has 3 rings (SSSR count). The van der Waals surface area contributed by atoms with E-state index in [0.29, 0.717) is 17.1 Å². The number of carbonyl (C=O) groups is 3. The summed E-state index contributed by atoms with van der Waals surface area (Å²) in [6, 6.07) is 6.78. The number of rotatable bonds is 3. The Labute approximate surface area is 143 Å². The van der Waals surface area contributed by atoms with E-state index in [0.717, 1.165) is 0 Å². The Kier molecular flexibility index (Phi) is 3.71. The average molecular weight is 343 g/mol. The summed E-state index contributed by atoms with van der Waals surface area (Å²) in [5.41, 5.74) is 4.54. The molecule has 0 saturated carbocycles. The maximum absolute atomic E-state index is 12.8. The van der Waals surface area contributed by atoms with Crippen molar-refractivity contribution in [1.29, 1.82) is 0 Å². The van der Waals surface area contributed by atoms with Gasteiger partial charge in [-0.2, -0.15) is 5.10 Å². The van der Waals surface area contributed by atoms with Gasteiger partial charge in [0.1, 0.15) is 5.75 Å². The summed E-state index contributed by atoms with van der Waals surface area (Å²) in [7, 11) is 1.61. The molecule has 25 heavy (non-hydrogen) atoms. The molecule has 9 heteroatoms. The minimum absolute atomic E-state index is 0.0893. The second-order valence-corrected chi connectivity index (χ2v) is 5.84. The molecular formula is C16H17N5O4. The van der Waals surface area contributed by atoms with Gasteiger partial charge in [-0.3, -0.25) is 19.1 Å². The molecule has 0 spiro atoms. The third-order valence-electron chi connectivity index (χ3n) is 4.12. The number of nitrogens with two attached hydrogens (primary N) is 1. The second kappa shape index (κ2) is 5.62. The second-order valence-electron chi connectivity index (χ2n) is 5.84. The van der Waals surface area contributed by atoms with E-state index in [1.807, 2.05) is 0 Å². The van der Waals surface area contributed by atoms with Crippen LogP contribution in [0.1, 0.15) is 23.1 Å². The quantitative estimate of drug-likeness (QED) is 0.701. The molecule has 9 nitrogen and oxygen atoms in total. The number of hydrogen-bond acceptors (Lipinski definition) is 5. The summed E-state index contributed by atoms with van der Waals surface area (Å²) in [6.07, 6.45) is 0. The number of aromatic nitrogens is 2. The Balaban J connectivity index is 1.94.